The Kier molecular flexibility index (Phi) is 4.94. The van der Waals surface area contributed by atoms with Crippen molar-refractivity contribution < 1.29 is 4.79 Å². The molecule has 1 aliphatic heterocycles. The smallest absolute Gasteiger partial charge is 0.238 e. The maximum atomic E-state index is 12.5. The number of H-pyrrole nitrogens is 1. The van der Waals surface area contributed by atoms with Gasteiger partial charge in [-0.1, -0.05) is 12.1 Å². The predicted molar refractivity (Wildman–Crippen MR) is 106 cm³/mol. The first kappa shape index (κ1) is 17.7. The van der Waals surface area contributed by atoms with Crippen LogP contribution in [0.3, 0.4) is 0 Å². The third-order valence-corrected chi connectivity index (χ3v) is 5.21. The number of carbonyl (C=O) groups excluding carboxylic acids is 1. The summed E-state index contributed by atoms with van der Waals surface area (Å²) in [7, 11) is 0. The van der Waals surface area contributed by atoms with Crippen molar-refractivity contribution in [1.29, 1.82) is 0 Å². The number of carbonyl (C=O) groups is 1. The monoisotopic (exact) mass is 366 g/mol. The minimum atomic E-state index is 0.0130. The van der Waals surface area contributed by atoms with Gasteiger partial charge in [0.15, 0.2) is 0 Å². The summed E-state index contributed by atoms with van der Waals surface area (Å²) < 4.78 is 1.84. The molecular formula is C20H26N6O. The highest BCUT2D eigenvalue weighted by atomic mass is 16.2. The van der Waals surface area contributed by atoms with Crippen molar-refractivity contribution in [3.8, 4) is 0 Å². The van der Waals surface area contributed by atoms with E-state index in [9.17, 15) is 4.79 Å². The van der Waals surface area contributed by atoms with Crippen LogP contribution in [0.4, 0.5) is 5.69 Å². The third kappa shape index (κ3) is 3.88. The molecule has 1 aromatic carbocycles. The Labute approximate surface area is 158 Å². The van der Waals surface area contributed by atoms with Crippen molar-refractivity contribution >= 4 is 22.6 Å². The van der Waals surface area contributed by atoms with E-state index in [4.69, 9.17) is 4.98 Å². The van der Waals surface area contributed by atoms with Crippen LogP contribution in [0.25, 0.3) is 11.0 Å². The van der Waals surface area contributed by atoms with Crippen LogP contribution in [0.2, 0.25) is 0 Å². The number of rotatable bonds is 5. The van der Waals surface area contributed by atoms with Crippen molar-refractivity contribution in [3.05, 3.63) is 42.0 Å². The average Bonchev–Trinajstić information content (AvgIpc) is 3.25. The summed E-state index contributed by atoms with van der Waals surface area (Å²) in [5.41, 5.74) is 3.73. The topological polar surface area (TPSA) is 78.8 Å². The lowest BCUT2D eigenvalue weighted by atomic mass is 9.97. The summed E-state index contributed by atoms with van der Waals surface area (Å²) in [5, 5.41) is 7.38. The molecule has 1 aliphatic rings. The number of nitrogens with one attached hydrogen (secondary N) is 2. The van der Waals surface area contributed by atoms with E-state index in [-0.39, 0.29) is 5.91 Å². The molecule has 2 N–H and O–H groups in total. The number of hydrogen-bond acceptors (Lipinski definition) is 4. The molecule has 0 unspecified atom stereocenters. The van der Waals surface area contributed by atoms with Gasteiger partial charge in [-0.25, -0.2) is 4.98 Å². The van der Waals surface area contributed by atoms with Crippen LogP contribution < -0.4 is 5.32 Å². The summed E-state index contributed by atoms with van der Waals surface area (Å²) in [6.07, 6.45) is 4.06. The zero-order chi connectivity index (χ0) is 18.8. The predicted octanol–water partition coefficient (Wildman–Crippen LogP) is 2.91. The molecule has 1 atom stereocenters. The molecule has 7 heteroatoms. The number of hydrogen-bond donors (Lipinski definition) is 2. The number of piperidine rings is 1. The Balaban J connectivity index is 1.39. The van der Waals surface area contributed by atoms with Crippen LogP contribution in [-0.4, -0.2) is 50.2 Å². The number of aryl methyl sites for hydroxylation is 2. The molecule has 1 fully saturated rings. The van der Waals surface area contributed by atoms with Crippen molar-refractivity contribution in [3.63, 3.8) is 0 Å². The first-order chi connectivity index (χ1) is 13.1. The molecule has 4 rings (SSSR count). The molecule has 27 heavy (non-hydrogen) atoms. The second kappa shape index (κ2) is 7.52. The van der Waals surface area contributed by atoms with Crippen LogP contribution in [0.15, 0.2) is 30.5 Å². The van der Waals surface area contributed by atoms with Crippen molar-refractivity contribution in [1.82, 2.24) is 24.6 Å². The Morgan fingerprint density at radius 2 is 2.22 bits per heavy atom. The van der Waals surface area contributed by atoms with Gasteiger partial charge in [0.25, 0.3) is 0 Å². The van der Waals surface area contributed by atoms with Gasteiger partial charge in [-0.15, -0.1) is 0 Å². The third-order valence-electron chi connectivity index (χ3n) is 5.21. The molecule has 0 bridgehead atoms. The first-order valence-electron chi connectivity index (χ1n) is 9.63. The lowest BCUT2D eigenvalue weighted by Gasteiger charge is -2.31. The number of para-hydroxylation sites is 2. The summed E-state index contributed by atoms with van der Waals surface area (Å²) in [4.78, 5) is 22.9. The molecule has 3 aromatic rings. The number of aromatic amines is 1. The van der Waals surface area contributed by atoms with Gasteiger partial charge >= 0.3 is 0 Å². The highest BCUT2D eigenvalue weighted by Gasteiger charge is 2.25. The van der Waals surface area contributed by atoms with E-state index in [1.165, 1.54) is 0 Å². The summed E-state index contributed by atoms with van der Waals surface area (Å²) in [6, 6.07) is 8.11. The van der Waals surface area contributed by atoms with Crippen LogP contribution in [0.5, 0.6) is 0 Å². The van der Waals surface area contributed by atoms with Gasteiger partial charge in [-0.2, -0.15) is 5.10 Å². The largest absolute Gasteiger partial charge is 0.342 e. The van der Waals surface area contributed by atoms with E-state index in [2.05, 4.69) is 26.4 Å². The minimum absolute atomic E-state index is 0.0130. The van der Waals surface area contributed by atoms with E-state index in [1.807, 2.05) is 42.9 Å². The molecule has 1 amide bonds. The molecule has 142 valence electrons. The highest BCUT2D eigenvalue weighted by molar-refractivity contribution is 5.92. The zero-order valence-corrected chi connectivity index (χ0v) is 15.9. The van der Waals surface area contributed by atoms with Gasteiger partial charge in [-0.05, 0) is 45.4 Å². The van der Waals surface area contributed by atoms with Gasteiger partial charge in [0.05, 0.1) is 29.0 Å². The van der Waals surface area contributed by atoms with E-state index < -0.39 is 0 Å². The molecule has 0 spiro atoms. The Hall–Kier alpha value is -2.67. The van der Waals surface area contributed by atoms with Gasteiger partial charge in [0.1, 0.15) is 5.82 Å². The Bertz CT molecular complexity index is 910. The van der Waals surface area contributed by atoms with Crippen molar-refractivity contribution in [2.45, 2.75) is 39.2 Å². The fraction of sp³-hybridized carbons (Fsp3) is 0.450. The van der Waals surface area contributed by atoms with E-state index in [0.29, 0.717) is 12.5 Å². The molecule has 0 aliphatic carbocycles. The normalized spacial score (nSPS) is 18.1. The fourth-order valence-corrected chi connectivity index (χ4v) is 3.78. The molecule has 3 heterocycles. The highest BCUT2D eigenvalue weighted by Crippen LogP contribution is 2.26. The van der Waals surface area contributed by atoms with Crippen LogP contribution >= 0.6 is 0 Å². The van der Waals surface area contributed by atoms with Crippen molar-refractivity contribution in [2.24, 2.45) is 0 Å². The lowest BCUT2D eigenvalue weighted by Crippen LogP contribution is -2.40. The van der Waals surface area contributed by atoms with E-state index in [0.717, 1.165) is 60.7 Å². The van der Waals surface area contributed by atoms with Gasteiger partial charge in [-0.3, -0.25) is 14.4 Å². The van der Waals surface area contributed by atoms with Gasteiger partial charge in [0.2, 0.25) is 5.91 Å². The van der Waals surface area contributed by atoms with Crippen LogP contribution in [0.1, 0.15) is 37.2 Å². The first-order valence-corrected chi connectivity index (χ1v) is 9.63. The lowest BCUT2D eigenvalue weighted by molar-refractivity contribution is -0.117. The SMILES string of the molecule is CCn1cc(NC(=O)CN2CCC[C@H](c3nc4ccccc4[nH]3)C2)c(C)n1. The Morgan fingerprint density at radius 3 is 3.00 bits per heavy atom. The minimum Gasteiger partial charge on any atom is -0.342 e. The number of benzene rings is 1. The molecule has 2 aromatic heterocycles. The molecule has 0 radical (unpaired) electrons. The zero-order valence-electron chi connectivity index (χ0n) is 15.9. The van der Waals surface area contributed by atoms with Gasteiger partial charge < -0.3 is 10.3 Å². The fourth-order valence-electron chi connectivity index (χ4n) is 3.78. The maximum Gasteiger partial charge on any atom is 0.238 e. The standard InChI is InChI=1S/C20H26N6O/c1-3-26-12-18(14(2)24-26)21-19(27)13-25-10-6-7-15(11-25)20-22-16-8-4-5-9-17(16)23-20/h4-5,8-9,12,15H,3,6-7,10-11,13H2,1-2H3,(H,21,27)(H,22,23)/t15-/m0/s1. The molecule has 1 saturated heterocycles. The summed E-state index contributed by atoms with van der Waals surface area (Å²) >= 11 is 0. The number of imidazole rings is 1. The maximum absolute atomic E-state index is 12.5. The van der Waals surface area contributed by atoms with E-state index in [1.54, 1.807) is 0 Å². The number of likely N-dealkylation sites (tertiary alicyclic amines) is 1. The van der Waals surface area contributed by atoms with Gasteiger partial charge in [0, 0.05) is 25.2 Å². The van der Waals surface area contributed by atoms with Crippen LogP contribution in [0, 0.1) is 6.92 Å². The quantitative estimate of drug-likeness (QED) is 0.728. The number of amides is 1. The average molecular weight is 366 g/mol. The second-order valence-corrected chi connectivity index (χ2v) is 7.25. The summed E-state index contributed by atoms with van der Waals surface area (Å²) in [5.74, 6) is 1.38. The van der Waals surface area contributed by atoms with E-state index >= 15 is 0 Å². The molecule has 7 nitrogen and oxygen atoms in total. The summed E-state index contributed by atoms with van der Waals surface area (Å²) in [6.45, 7) is 6.93. The number of fused-ring (bicyclic) bond motifs is 1. The second-order valence-electron chi connectivity index (χ2n) is 7.25. The number of aromatic nitrogens is 4. The van der Waals surface area contributed by atoms with Crippen molar-refractivity contribution in [2.75, 3.05) is 25.0 Å². The number of anilines is 1. The molecule has 0 saturated carbocycles. The molecular weight excluding hydrogens is 340 g/mol. The Morgan fingerprint density at radius 1 is 1.37 bits per heavy atom. The van der Waals surface area contributed by atoms with Crippen LogP contribution in [-0.2, 0) is 11.3 Å². The number of nitrogens with zero attached hydrogens (tertiary/aromatic N) is 4.